The Kier molecular flexibility index (Phi) is 4.81. The van der Waals surface area contributed by atoms with Crippen molar-refractivity contribution in [2.45, 2.75) is 32.5 Å². The molecule has 0 aromatic heterocycles. The normalized spacial score (nSPS) is 13.6. The van der Waals surface area contributed by atoms with Gasteiger partial charge in [0.15, 0.2) is 0 Å². The Balaban J connectivity index is 2.94. The molecule has 0 saturated heterocycles. The van der Waals surface area contributed by atoms with Crippen molar-refractivity contribution in [1.82, 2.24) is 0 Å². The molecule has 1 aromatic carbocycles. The van der Waals surface area contributed by atoms with Crippen LogP contribution in [0.4, 0.5) is 0 Å². The van der Waals surface area contributed by atoms with E-state index < -0.39 is 0 Å². The Labute approximate surface area is 106 Å². The van der Waals surface area contributed by atoms with Gasteiger partial charge in [-0.15, -0.1) is 0 Å². The fourth-order valence-electron chi connectivity index (χ4n) is 1.54. The monoisotopic (exact) mass is 286 g/mol. The predicted octanol–water partition coefficient (Wildman–Crippen LogP) is 3.95. The van der Waals surface area contributed by atoms with E-state index >= 15 is 0 Å². The molecule has 1 rings (SSSR count). The largest absolute Gasteiger partial charge is 0.496 e. The molecule has 0 aliphatic rings. The topological polar surface area (TPSA) is 18.5 Å². The lowest BCUT2D eigenvalue weighted by atomic mass is 10.1. The van der Waals surface area contributed by atoms with Crippen LogP contribution in [-0.2, 0) is 4.74 Å². The molecular weight excluding hydrogens is 268 g/mol. The van der Waals surface area contributed by atoms with Crippen LogP contribution >= 0.6 is 15.9 Å². The average Bonchev–Trinajstić information content (AvgIpc) is 2.24. The zero-order valence-corrected chi connectivity index (χ0v) is 11.9. The second kappa shape index (κ2) is 5.69. The Morgan fingerprint density at radius 3 is 2.38 bits per heavy atom. The minimum Gasteiger partial charge on any atom is -0.496 e. The van der Waals surface area contributed by atoms with E-state index in [4.69, 9.17) is 9.47 Å². The van der Waals surface area contributed by atoms with Crippen LogP contribution in [-0.4, -0.2) is 18.0 Å². The van der Waals surface area contributed by atoms with Gasteiger partial charge in [0.1, 0.15) is 5.75 Å². The maximum Gasteiger partial charge on any atom is 0.124 e. The maximum absolute atomic E-state index is 5.99. The molecule has 0 N–H and O–H groups in total. The Bertz CT molecular complexity index is 331. The minimum absolute atomic E-state index is 0.0103. The summed E-state index contributed by atoms with van der Waals surface area (Å²) in [5.41, 5.74) is 0.913. The molecule has 2 nitrogen and oxygen atoms in total. The molecular formula is C13H19BrO2. The number of benzene rings is 1. The number of hydrogen-bond acceptors (Lipinski definition) is 2. The van der Waals surface area contributed by atoms with Gasteiger partial charge in [-0.2, -0.15) is 0 Å². The Morgan fingerprint density at radius 1 is 1.25 bits per heavy atom. The fraction of sp³-hybridized carbons (Fsp3) is 0.538. The van der Waals surface area contributed by atoms with E-state index in [-0.39, 0.29) is 11.7 Å². The molecule has 16 heavy (non-hydrogen) atoms. The van der Waals surface area contributed by atoms with Crippen molar-refractivity contribution in [1.29, 1.82) is 0 Å². The van der Waals surface area contributed by atoms with Crippen molar-refractivity contribution in [2.75, 3.05) is 12.4 Å². The highest BCUT2D eigenvalue weighted by Gasteiger charge is 2.21. The van der Waals surface area contributed by atoms with Crippen LogP contribution in [0, 0.1) is 0 Å². The van der Waals surface area contributed by atoms with Crippen LogP contribution in [0.1, 0.15) is 32.4 Å². The quantitative estimate of drug-likeness (QED) is 0.781. The first-order valence-corrected chi connectivity index (χ1v) is 6.47. The smallest absolute Gasteiger partial charge is 0.124 e. The summed E-state index contributed by atoms with van der Waals surface area (Å²) in [6.45, 7) is 6.16. The highest BCUT2D eigenvalue weighted by molar-refractivity contribution is 9.09. The molecule has 0 saturated carbocycles. The number of alkyl halides is 1. The molecule has 0 bridgehead atoms. The van der Waals surface area contributed by atoms with Gasteiger partial charge in [0.2, 0.25) is 0 Å². The van der Waals surface area contributed by atoms with Gasteiger partial charge in [-0.05, 0) is 26.8 Å². The van der Waals surface area contributed by atoms with Crippen LogP contribution in [0.25, 0.3) is 0 Å². The van der Waals surface area contributed by atoms with Gasteiger partial charge in [-0.25, -0.2) is 0 Å². The van der Waals surface area contributed by atoms with Crippen molar-refractivity contribution in [3.05, 3.63) is 29.8 Å². The van der Waals surface area contributed by atoms with Gasteiger partial charge < -0.3 is 9.47 Å². The third kappa shape index (κ3) is 3.80. The van der Waals surface area contributed by atoms with Gasteiger partial charge >= 0.3 is 0 Å². The van der Waals surface area contributed by atoms with Gasteiger partial charge in [0.05, 0.1) is 18.8 Å². The van der Waals surface area contributed by atoms with Crippen LogP contribution in [0.3, 0.4) is 0 Å². The van der Waals surface area contributed by atoms with E-state index in [0.29, 0.717) is 0 Å². The molecule has 0 radical (unpaired) electrons. The van der Waals surface area contributed by atoms with Crippen LogP contribution in [0.2, 0.25) is 0 Å². The van der Waals surface area contributed by atoms with Gasteiger partial charge in [0, 0.05) is 10.9 Å². The molecule has 0 amide bonds. The van der Waals surface area contributed by atoms with E-state index in [1.807, 2.05) is 24.3 Å². The fourth-order valence-corrected chi connectivity index (χ4v) is 2.02. The number of halogens is 1. The zero-order valence-electron chi connectivity index (χ0n) is 10.3. The van der Waals surface area contributed by atoms with Crippen LogP contribution in [0.5, 0.6) is 5.75 Å². The lowest BCUT2D eigenvalue weighted by Crippen LogP contribution is -2.23. The molecule has 1 unspecified atom stereocenters. The standard InChI is InChI=1S/C13H19BrO2/c1-13(2,3)16-12(9-14)10-7-5-6-8-11(10)15-4/h5-8,12H,9H2,1-4H3. The zero-order chi connectivity index (χ0) is 12.2. The van der Waals surface area contributed by atoms with Crippen molar-refractivity contribution in [2.24, 2.45) is 0 Å². The van der Waals surface area contributed by atoms with Crippen LogP contribution in [0.15, 0.2) is 24.3 Å². The summed E-state index contributed by atoms with van der Waals surface area (Å²) in [7, 11) is 1.68. The van der Waals surface area contributed by atoms with E-state index in [1.54, 1.807) is 7.11 Å². The second-order valence-electron chi connectivity index (χ2n) is 4.62. The SMILES string of the molecule is COc1ccccc1C(CBr)OC(C)(C)C. The summed E-state index contributed by atoms with van der Waals surface area (Å²) in [5.74, 6) is 0.871. The lowest BCUT2D eigenvalue weighted by molar-refractivity contribution is -0.0508. The van der Waals surface area contributed by atoms with Crippen molar-refractivity contribution < 1.29 is 9.47 Å². The summed E-state index contributed by atoms with van der Waals surface area (Å²) in [4.78, 5) is 0. The number of ether oxygens (including phenoxy) is 2. The molecule has 0 aliphatic heterocycles. The number of hydrogen-bond donors (Lipinski definition) is 0. The number of para-hydroxylation sites is 1. The van der Waals surface area contributed by atoms with E-state index in [0.717, 1.165) is 16.6 Å². The van der Waals surface area contributed by atoms with Gasteiger partial charge in [-0.3, -0.25) is 0 Å². The summed E-state index contributed by atoms with van der Waals surface area (Å²) in [6.07, 6.45) is 0.0103. The van der Waals surface area contributed by atoms with Crippen LogP contribution < -0.4 is 4.74 Å². The van der Waals surface area contributed by atoms with E-state index in [2.05, 4.69) is 36.7 Å². The number of methoxy groups -OCH3 is 1. The molecule has 0 spiro atoms. The van der Waals surface area contributed by atoms with E-state index in [1.165, 1.54) is 0 Å². The second-order valence-corrected chi connectivity index (χ2v) is 5.26. The molecule has 0 fully saturated rings. The first kappa shape index (κ1) is 13.5. The highest BCUT2D eigenvalue weighted by Crippen LogP contribution is 2.31. The average molecular weight is 287 g/mol. The summed E-state index contributed by atoms with van der Waals surface area (Å²) in [6, 6.07) is 7.96. The van der Waals surface area contributed by atoms with Gasteiger partial charge in [-0.1, -0.05) is 34.1 Å². The summed E-state index contributed by atoms with van der Waals surface area (Å²) in [5, 5.41) is 0.755. The first-order valence-electron chi connectivity index (χ1n) is 5.34. The van der Waals surface area contributed by atoms with Crippen molar-refractivity contribution >= 4 is 15.9 Å². The van der Waals surface area contributed by atoms with Gasteiger partial charge in [0.25, 0.3) is 0 Å². The highest BCUT2D eigenvalue weighted by atomic mass is 79.9. The Morgan fingerprint density at radius 2 is 1.88 bits per heavy atom. The molecule has 0 aliphatic carbocycles. The summed E-state index contributed by atoms with van der Waals surface area (Å²) < 4.78 is 11.3. The molecule has 1 aromatic rings. The first-order chi connectivity index (χ1) is 7.48. The third-order valence-electron chi connectivity index (χ3n) is 2.12. The lowest BCUT2D eigenvalue weighted by Gasteiger charge is -2.27. The maximum atomic E-state index is 5.99. The predicted molar refractivity (Wildman–Crippen MR) is 70.4 cm³/mol. The third-order valence-corrected chi connectivity index (χ3v) is 2.71. The molecule has 0 heterocycles. The summed E-state index contributed by atoms with van der Waals surface area (Å²) >= 11 is 3.49. The van der Waals surface area contributed by atoms with Crippen molar-refractivity contribution in [3.63, 3.8) is 0 Å². The molecule has 3 heteroatoms. The minimum atomic E-state index is -0.167. The number of rotatable bonds is 4. The molecule has 1 atom stereocenters. The molecule has 90 valence electrons. The Hall–Kier alpha value is -0.540. The van der Waals surface area contributed by atoms with E-state index in [9.17, 15) is 0 Å². The van der Waals surface area contributed by atoms with Crippen molar-refractivity contribution in [3.8, 4) is 5.75 Å².